The van der Waals surface area contributed by atoms with Crippen LogP contribution < -0.4 is 0 Å². The molecule has 0 spiro atoms. The minimum Gasteiger partial charge on any atom is -0.385 e. The topological polar surface area (TPSA) is 20.2 Å². The van der Waals surface area contributed by atoms with E-state index in [9.17, 15) is 5.11 Å². The molecule has 0 aromatic heterocycles. The van der Waals surface area contributed by atoms with Crippen molar-refractivity contribution in [3.8, 4) is 0 Å². The second-order valence-corrected chi connectivity index (χ2v) is 6.62. The molecule has 106 valence electrons. The van der Waals surface area contributed by atoms with Crippen LogP contribution in [0.1, 0.15) is 66.2 Å². The van der Waals surface area contributed by atoms with Gasteiger partial charge in [-0.15, -0.1) is 0 Å². The van der Waals surface area contributed by atoms with Crippen molar-refractivity contribution < 1.29 is 5.11 Å². The Morgan fingerprint density at radius 3 is 2.37 bits per heavy atom. The van der Waals surface area contributed by atoms with Crippen LogP contribution in [-0.4, -0.2) is 10.7 Å². The van der Waals surface area contributed by atoms with Crippen LogP contribution in [0.15, 0.2) is 34.4 Å². The summed E-state index contributed by atoms with van der Waals surface area (Å²) in [4.78, 5) is 0. The molecule has 2 aliphatic carbocycles. The first-order chi connectivity index (χ1) is 8.92. The Morgan fingerprint density at radius 2 is 1.84 bits per heavy atom. The van der Waals surface area contributed by atoms with Gasteiger partial charge < -0.3 is 5.11 Å². The number of hydrogen-bond acceptors (Lipinski definition) is 1. The molecule has 0 aliphatic heterocycles. The maximum absolute atomic E-state index is 10.9. The molecule has 2 atom stereocenters. The molecule has 2 rings (SSSR count). The van der Waals surface area contributed by atoms with Crippen molar-refractivity contribution in [1.29, 1.82) is 0 Å². The molecule has 19 heavy (non-hydrogen) atoms. The van der Waals surface area contributed by atoms with Gasteiger partial charge in [-0.25, -0.2) is 0 Å². The van der Waals surface area contributed by atoms with Crippen molar-refractivity contribution in [2.24, 2.45) is 5.92 Å². The lowest BCUT2D eigenvalue weighted by molar-refractivity contribution is 0.0655. The van der Waals surface area contributed by atoms with E-state index >= 15 is 0 Å². The fourth-order valence-corrected chi connectivity index (χ4v) is 3.32. The van der Waals surface area contributed by atoms with Crippen LogP contribution in [0.25, 0.3) is 0 Å². The summed E-state index contributed by atoms with van der Waals surface area (Å²) in [5.74, 6) is 0.639. The number of rotatable bonds is 2. The van der Waals surface area contributed by atoms with Crippen molar-refractivity contribution in [2.75, 3.05) is 0 Å². The molecule has 2 unspecified atom stereocenters. The number of aliphatic hydroxyl groups is 1. The highest BCUT2D eigenvalue weighted by Crippen LogP contribution is 2.38. The van der Waals surface area contributed by atoms with E-state index in [1.807, 2.05) is 0 Å². The molecule has 1 N–H and O–H groups in total. The zero-order chi connectivity index (χ0) is 14.0. The van der Waals surface area contributed by atoms with Gasteiger partial charge in [0.2, 0.25) is 0 Å². The van der Waals surface area contributed by atoms with Gasteiger partial charge in [0.05, 0.1) is 5.60 Å². The van der Waals surface area contributed by atoms with Gasteiger partial charge in [-0.2, -0.15) is 0 Å². The fraction of sp³-hybridized carbons (Fsp3) is 0.667. The van der Waals surface area contributed by atoms with E-state index in [4.69, 9.17) is 0 Å². The zero-order valence-corrected chi connectivity index (χ0v) is 12.9. The molecular formula is C18H28O. The van der Waals surface area contributed by atoms with Crippen LogP contribution in [0.5, 0.6) is 0 Å². The smallest absolute Gasteiger partial charge is 0.0894 e. The van der Waals surface area contributed by atoms with Crippen molar-refractivity contribution in [3.05, 3.63) is 34.4 Å². The molecule has 1 nitrogen and oxygen atoms in total. The molecule has 0 saturated heterocycles. The summed E-state index contributed by atoms with van der Waals surface area (Å²) in [6.07, 6.45) is 10.9. The fourth-order valence-electron chi connectivity index (χ4n) is 3.32. The highest BCUT2D eigenvalue weighted by molar-refractivity contribution is 5.28. The molecule has 0 heterocycles. The van der Waals surface area contributed by atoms with E-state index in [1.54, 1.807) is 0 Å². The van der Waals surface area contributed by atoms with Gasteiger partial charge in [0.25, 0.3) is 0 Å². The number of allylic oxidation sites excluding steroid dienone is 4. The SMILES string of the molecule is CC1=CCC(/C(C)=C(\C)C2(O)CC=C(C)CC2)CC1. The summed E-state index contributed by atoms with van der Waals surface area (Å²) in [7, 11) is 0. The Labute approximate surface area is 118 Å². The van der Waals surface area contributed by atoms with E-state index in [0.29, 0.717) is 5.92 Å². The molecule has 2 aliphatic rings. The van der Waals surface area contributed by atoms with E-state index in [2.05, 4.69) is 39.8 Å². The van der Waals surface area contributed by atoms with Crippen molar-refractivity contribution in [3.63, 3.8) is 0 Å². The lowest BCUT2D eigenvalue weighted by Gasteiger charge is -2.35. The third-order valence-electron chi connectivity index (χ3n) is 5.26. The zero-order valence-electron chi connectivity index (χ0n) is 12.9. The Morgan fingerprint density at radius 1 is 1.16 bits per heavy atom. The lowest BCUT2D eigenvalue weighted by atomic mass is 9.75. The highest BCUT2D eigenvalue weighted by Gasteiger charge is 2.32. The minimum absolute atomic E-state index is 0.584. The third kappa shape index (κ3) is 3.20. The summed E-state index contributed by atoms with van der Waals surface area (Å²) >= 11 is 0. The first kappa shape index (κ1) is 14.6. The predicted molar refractivity (Wildman–Crippen MR) is 82.0 cm³/mol. The van der Waals surface area contributed by atoms with Crippen LogP contribution in [0, 0.1) is 5.92 Å². The molecule has 0 aromatic rings. The molecule has 0 amide bonds. The summed E-state index contributed by atoms with van der Waals surface area (Å²) in [6.45, 7) is 8.78. The molecule has 0 saturated carbocycles. The van der Waals surface area contributed by atoms with Crippen LogP contribution in [-0.2, 0) is 0 Å². The third-order valence-corrected chi connectivity index (χ3v) is 5.26. The first-order valence-corrected chi connectivity index (χ1v) is 7.64. The van der Waals surface area contributed by atoms with Crippen LogP contribution in [0.2, 0.25) is 0 Å². The van der Waals surface area contributed by atoms with Crippen LogP contribution in [0.3, 0.4) is 0 Å². The lowest BCUT2D eigenvalue weighted by Crippen LogP contribution is -2.33. The Bertz CT molecular complexity index is 439. The van der Waals surface area contributed by atoms with Crippen molar-refractivity contribution >= 4 is 0 Å². The van der Waals surface area contributed by atoms with E-state index in [-0.39, 0.29) is 0 Å². The largest absolute Gasteiger partial charge is 0.385 e. The van der Waals surface area contributed by atoms with Gasteiger partial charge in [0.1, 0.15) is 0 Å². The van der Waals surface area contributed by atoms with E-state index < -0.39 is 5.60 Å². The van der Waals surface area contributed by atoms with Crippen molar-refractivity contribution in [2.45, 2.75) is 71.8 Å². The average Bonchev–Trinajstić information content (AvgIpc) is 2.41. The summed E-state index contributed by atoms with van der Waals surface area (Å²) in [5.41, 5.74) is 5.02. The Balaban J connectivity index is 2.17. The average molecular weight is 260 g/mol. The monoisotopic (exact) mass is 260 g/mol. The molecule has 1 heteroatoms. The minimum atomic E-state index is -0.584. The second kappa shape index (κ2) is 5.66. The van der Waals surface area contributed by atoms with Gasteiger partial charge in [-0.1, -0.05) is 28.9 Å². The molecule has 0 aromatic carbocycles. The Kier molecular flexibility index (Phi) is 4.35. The summed E-state index contributed by atoms with van der Waals surface area (Å²) in [5, 5.41) is 10.9. The maximum atomic E-state index is 10.9. The molecule has 0 radical (unpaired) electrons. The molecule has 0 bridgehead atoms. The van der Waals surface area contributed by atoms with Crippen LogP contribution >= 0.6 is 0 Å². The Hall–Kier alpha value is -0.820. The quantitative estimate of drug-likeness (QED) is 0.698. The van der Waals surface area contributed by atoms with Crippen molar-refractivity contribution in [1.82, 2.24) is 0 Å². The predicted octanol–water partition coefficient (Wildman–Crippen LogP) is 4.93. The summed E-state index contributed by atoms with van der Waals surface area (Å²) in [6, 6.07) is 0. The standard InChI is InChI=1S/C18H28O/c1-13-5-7-17(8-6-13)15(3)16(4)18(19)11-9-14(2)10-12-18/h5,9,17,19H,6-8,10-12H2,1-4H3/b16-15+. The first-order valence-electron chi connectivity index (χ1n) is 7.64. The van der Waals surface area contributed by atoms with E-state index in [1.165, 1.54) is 35.1 Å². The highest BCUT2D eigenvalue weighted by atomic mass is 16.3. The normalized spacial score (nSPS) is 33.4. The van der Waals surface area contributed by atoms with Gasteiger partial charge in [0, 0.05) is 0 Å². The van der Waals surface area contributed by atoms with E-state index in [0.717, 1.165) is 25.7 Å². The van der Waals surface area contributed by atoms with Gasteiger partial charge in [-0.05, 0) is 77.7 Å². The maximum Gasteiger partial charge on any atom is 0.0894 e. The van der Waals surface area contributed by atoms with Gasteiger partial charge in [-0.3, -0.25) is 0 Å². The van der Waals surface area contributed by atoms with Gasteiger partial charge >= 0.3 is 0 Å². The molecular weight excluding hydrogens is 232 g/mol. The molecule has 0 fully saturated rings. The summed E-state index contributed by atoms with van der Waals surface area (Å²) < 4.78 is 0. The number of hydrogen-bond donors (Lipinski definition) is 1. The van der Waals surface area contributed by atoms with Gasteiger partial charge in [0.15, 0.2) is 0 Å². The van der Waals surface area contributed by atoms with Crippen LogP contribution in [0.4, 0.5) is 0 Å². The second-order valence-electron chi connectivity index (χ2n) is 6.62.